The second-order valence-corrected chi connectivity index (χ2v) is 3.81. The molecule has 2 aromatic heterocycles. The van der Waals surface area contributed by atoms with E-state index in [9.17, 15) is 0 Å². The quantitative estimate of drug-likeness (QED) is 0.762. The number of nitrogens with one attached hydrogen (secondary N) is 1. The number of nitrogens with zero attached hydrogens (tertiary/aromatic N) is 3. The molecule has 0 atom stereocenters. The summed E-state index contributed by atoms with van der Waals surface area (Å²) in [6.45, 7) is 1.83. The molecule has 0 fully saturated rings. The number of pyridine rings is 1. The van der Waals surface area contributed by atoms with Gasteiger partial charge in [0.05, 0.1) is 6.20 Å². The molecule has 84 valence electrons. The predicted molar refractivity (Wildman–Crippen MR) is 62.9 cm³/mol. The molecule has 4 heteroatoms. The van der Waals surface area contributed by atoms with Gasteiger partial charge in [-0.15, -0.1) is 0 Å². The molecule has 0 spiro atoms. The van der Waals surface area contributed by atoms with Crippen LogP contribution in [0.2, 0.25) is 0 Å². The maximum Gasteiger partial charge on any atom is 0.0522 e. The molecule has 0 aromatic carbocycles. The first-order chi connectivity index (χ1) is 7.84. The van der Waals surface area contributed by atoms with Crippen molar-refractivity contribution in [2.75, 3.05) is 6.54 Å². The van der Waals surface area contributed by atoms with E-state index in [4.69, 9.17) is 0 Å². The molecule has 2 rings (SSSR count). The SMILES string of the molecule is Cn1cc(CCNCc2cccnc2)cn1. The highest BCUT2D eigenvalue weighted by molar-refractivity contribution is 5.08. The maximum absolute atomic E-state index is 4.13. The smallest absolute Gasteiger partial charge is 0.0522 e. The maximum atomic E-state index is 4.13. The Kier molecular flexibility index (Phi) is 3.66. The van der Waals surface area contributed by atoms with E-state index in [0.29, 0.717) is 0 Å². The molecule has 4 nitrogen and oxygen atoms in total. The summed E-state index contributed by atoms with van der Waals surface area (Å²) in [6.07, 6.45) is 8.64. The van der Waals surface area contributed by atoms with Gasteiger partial charge < -0.3 is 5.32 Å². The van der Waals surface area contributed by atoms with E-state index in [-0.39, 0.29) is 0 Å². The first kappa shape index (κ1) is 10.8. The van der Waals surface area contributed by atoms with Gasteiger partial charge in [0.2, 0.25) is 0 Å². The van der Waals surface area contributed by atoms with Crippen LogP contribution < -0.4 is 5.32 Å². The molecule has 0 aliphatic rings. The topological polar surface area (TPSA) is 42.7 Å². The van der Waals surface area contributed by atoms with Gasteiger partial charge in [-0.2, -0.15) is 5.10 Å². The van der Waals surface area contributed by atoms with E-state index >= 15 is 0 Å². The van der Waals surface area contributed by atoms with Crippen molar-refractivity contribution >= 4 is 0 Å². The normalized spacial score (nSPS) is 10.6. The van der Waals surface area contributed by atoms with Crippen LogP contribution in [0.25, 0.3) is 0 Å². The van der Waals surface area contributed by atoms with Crippen LogP contribution in [0.1, 0.15) is 11.1 Å². The standard InChI is InChI=1S/C12H16N4/c1-16-10-12(9-15-16)4-6-14-8-11-3-2-5-13-7-11/h2-3,5,7,9-10,14H,4,6,8H2,1H3. The summed E-state index contributed by atoms with van der Waals surface area (Å²) in [5.41, 5.74) is 2.48. The van der Waals surface area contributed by atoms with Crippen molar-refractivity contribution in [3.05, 3.63) is 48.0 Å². The van der Waals surface area contributed by atoms with Gasteiger partial charge in [-0.1, -0.05) is 6.07 Å². The first-order valence-electron chi connectivity index (χ1n) is 5.42. The van der Waals surface area contributed by atoms with Gasteiger partial charge in [-0.3, -0.25) is 9.67 Å². The molecular formula is C12H16N4. The van der Waals surface area contributed by atoms with E-state index in [1.807, 2.05) is 36.4 Å². The van der Waals surface area contributed by atoms with Crippen molar-refractivity contribution in [3.63, 3.8) is 0 Å². The monoisotopic (exact) mass is 216 g/mol. The van der Waals surface area contributed by atoms with Gasteiger partial charge in [-0.05, 0) is 30.2 Å². The Bertz CT molecular complexity index is 422. The Hall–Kier alpha value is -1.68. The molecular weight excluding hydrogens is 200 g/mol. The second kappa shape index (κ2) is 5.42. The van der Waals surface area contributed by atoms with Crippen molar-refractivity contribution in [2.45, 2.75) is 13.0 Å². The van der Waals surface area contributed by atoms with Crippen LogP contribution in [-0.4, -0.2) is 21.3 Å². The molecule has 0 amide bonds. The highest BCUT2D eigenvalue weighted by Crippen LogP contribution is 1.97. The number of aryl methyl sites for hydroxylation is 1. The lowest BCUT2D eigenvalue weighted by Gasteiger charge is -2.02. The molecule has 0 saturated heterocycles. The summed E-state index contributed by atoms with van der Waals surface area (Å²) >= 11 is 0. The van der Waals surface area contributed by atoms with E-state index in [2.05, 4.69) is 21.5 Å². The highest BCUT2D eigenvalue weighted by atomic mass is 15.2. The lowest BCUT2D eigenvalue weighted by atomic mass is 10.2. The molecule has 2 heterocycles. The third kappa shape index (κ3) is 3.17. The van der Waals surface area contributed by atoms with Crippen molar-refractivity contribution in [3.8, 4) is 0 Å². The van der Waals surface area contributed by atoms with Crippen LogP contribution in [0.4, 0.5) is 0 Å². The molecule has 2 aromatic rings. The lowest BCUT2D eigenvalue weighted by molar-refractivity contribution is 0.684. The molecule has 0 saturated carbocycles. The molecule has 0 bridgehead atoms. The molecule has 0 unspecified atom stereocenters. The summed E-state index contributed by atoms with van der Waals surface area (Å²) in [6, 6.07) is 4.03. The minimum Gasteiger partial charge on any atom is -0.312 e. The second-order valence-electron chi connectivity index (χ2n) is 3.81. The third-order valence-corrected chi connectivity index (χ3v) is 2.40. The summed E-state index contributed by atoms with van der Waals surface area (Å²) in [5.74, 6) is 0. The fourth-order valence-corrected chi connectivity index (χ4v) is 1.57. The third-order valence-electron chi connectivity index (χ3n) is 2.40. The van der Waals surface area contributed by atoms with Gasteiger partial charge in [0.15, 0.2) is 0 Å². The zero-order valence-corrected chi connectivity index (χ0v) is 9.43. The summed E-state index contributed by atoms with van der Waals surface area (Å²) in [5, 5.41) is 7.51. The summed E-state index contributed by atoms with van der Waals surface area (Å²) in [7, 11) is 1.94. The zero-order valence-electron chi connectivity index (χ0n) is 9.43. The van der Waals surface area contributed by atoms with Gasteiger partial charge in [0.1, 0.15) is 0 Å². The van der Waals surface area contributed by atoms with Gasteiger partial charge in [0, 0.05) is 32.2 Å². The summed E-state index contributed by atoms with van der Waals surface area (Å²) < 4.78 is 1.83. The van der Waals surface area contributed by atoms with Crippen LogP contribution in [0, 0.1) is 0 Å². The fraction of sp³-hybridized carbons (Fsp3) is 0.333. The highest BCUT2D eigenvalue weighted by Gasteiger charge is 1.96. The van der Waals surface area contributed by atoms with Crippen molar-refractivity contribution in [1.82, 2.24) is 20.1 Å². The van der Waals surface area contributed by atoms with E-state index in [0.717, 1.165) is 19.5 Å². The molecule has 0 aliphatic heterocycles. The van der Waals surface area contributed by atoms with Gasteiger partial charge >= 0.3 is 0 Å². The number of aromatic nitrogens is 3. The Morgan fingerprint density at radius 2 is 2.25 bits per heavy atom. The Labute approximate surface area is 95.3 Å². The Morgan fingerprint density at radius 3 is 2.94 bits per heavy atom. The fourth-order valence-electron chi connectivity index (χ4n) is 1.57. The van der Waals surface area contributed by atoms with E-state index in [1.54, 1.807) is 6.20 Å². The van der Waals surface area contributed by atoms with Crippen LogP contribution in [0.3, 0.4) is 0 Å². The molecule has 16 heavy (non-hydrogen) atoms. The molecule has 0 radical (unpaired) electrons. The van der Waals surface area contributed by atoms with Crippen LogP contribution in [0.15, 0.2) is 36.9 Å². The average molecular weight is 216 g/mol. The molecule has 1 N–H and O–H groups in total. The van der Waals surface area contributed by atoms with Crippen LogP contribution >= 0.6 is 0 Å². The van der Waals surface area contributed by atoms with E-state index < -0.39 is 0 Å². The van der Waals surface area contributed by atoms with Crippen molar-refractivity contribution in [2.24, 2.45) is 7.05 Å². The van der Waals surface area contributed by atoms with Crippen molar-refractivity contribution < 1.29 is 0 Å². The minimum absolute atomic E-state index is 0.869. The lowest BCUT2D eigenvalue weighted by Crippen LogP contribution is -2.16. The number of hydrogen-bond acceptors (Lipinski definition) is 3. The minimum atomic E-state index is 0.869. The number of rotatable bonds is 5. The largest absolute Gasteiger partial charge is 0.312 e. The van der Waals surface area contributed by atoms with Gasteiger partial charge in [-0.25, -0.2) is 0 Å². The predicted octanol–water partition coefficient (Wildman–Crippen LogP) is 1.15. The van der Waals surface area contributed by atoms with E-state index in [1.165, 1.54) is 11.1 Å². The summed E-state index contributed by atoms with van der Waals surface area (Å²) in [4.78, 5) is 4.07. The Morgan fingerprint density at radius 1 is 1.31 bits per heavy atom. The van der Waals surface area contributed by atoms with Crippen LogP contribution in [0.5, 0.6) is 0 Å². The first-order valence-corrected chi connectivity index (χ1v) is 5.42. The van der Waals surface area contributed by atoms with Gasteiger partial charge in [0.25, 0.3) is 0 Å². The molecule has 0 aliphatic carbocycles. The zero-order chi connectivity index (χ0) is 11.2. The van der Waals surface area contributed by atoms with Crippen molar-refractivity contribution in [1.29, 1.82) is 0 Å². The average Bonchev–Trinajstić information content (AvgIpc) is 2.72. The van der Waals surface area contributed by atoms with Crippen LogP contribution in [-0.2, 0) is 20.0 Å². The number of hydrogen-bond donors (Lipinski definition) is 1. The Balaban J connectivity index is 1.69.